The van der Waals surface area contributed by atoms with Crippen LogP contribution in [0, 0.1) is 5.92 Å². The van der Waals surface area contributed by atoms with Crippen molar-refractivity contribution in [2.45, 2.75) is 39.7 Å². The van der Waals surface area contributed by atoms with Crippen LogP contribution >= 0.6 is 0 Å². The fraction of sp³-hybridized carbons (Fsp3) is 1.00. The Morgan fingerprint density at radius 1 is 1.40 bits per heavy atom. The second-order valence-corrected chi connectivity index (χ2v) is 4.00. The highest BCUT2D eigenvalue weighted by molar-refractivity contribution is 4.81. The van der Waals surface area contributed by atoms with Crippen molar-refractivity contribution in [3.05, 3.63) is 0 Å². The maximum atomic E-state index is 11.9. The summed E-state index contributed by atoms with van der Waals surface area (Å²) in [5, 5.41) is 3.33. The number of hydrogen-bond donors (Lipinski definition) is 1. The molecule has 0 amide bonds. The minimum atomic E-state index is -0.180. The SMILES string of the molecule is CC.CNC1CCN(CCCF)CC1C. The van der Waals surface area contributed by atoms with Gasteiger partial charge in [0.2, 0.25) is 0 Å². The number of nitrogens with one attached hydrogen (secondary N) is 1. The van der Waals surface area contributed by atoms with Crippen molar-refractivity contribution >= 4 is 0 Å². The first-order valence-corrected chi connectivity index (χ1v) is 6.23. The number of piperidine rings is 1. The van der Waals surface area contributed by atoms with Crippen LogP contribution in [0.15, 0.2) is 0 Å². The molecule has 0 aliphatic carbocycles. The van der Waals surface area contributed by atoms with Gasteiger partial charge in [0.1, 0.15) is 0 Å². The minimum Gasteiger partial charge on any atom is -0.317 e. The van der Waals surface area contributed by atoms with E-state index in [1.807, 2.05) is 20.9 Å². The van der Waals surface area contributed by atoms with Gasteiger partial charge in [0.15, 0.2) is 0 Å². The van der Waals surface area contributed by atoms with Crippen LogP contribution < -0.4 is 5.32 Å². The summed E-state index contributed by atoms with van der Waals surface area (Å²) in [6.45, 7) is 9.25. The van der Waals surface area contributed by atoms with Gasteiger partial charge in [-0.25, -0.2) is 0 Å². The predicted molar refractivity (Wildman–Crippen MR) is 65.0 cm³/mol. The Bertz CT molecular complexity index is 142. The van der Waals surface area contributed by atoms with E-state index >= 15 is 0 Å². The molecule has 1 fully saturated rings. The smallest absolute Gasteiger partial charge is 0.0906 e. The summed E-state index contributed by atoms with van der Waals surface area (Å²) in [5.74, 6) is 0.693. The van der Waals surface area contributed by atoms with Gasteiger partial charge in [0, 0.05) is 19.1 Å². The molecule has 1 aliphatic rings. The molecule has 0 aromatic heterocycles. The fourth-order valence-electron chi connectivity index (χ4n) is 2.15. The standard InChI is InChI=1S/C10H21FN2.C2H6/c1-9-8-13(6-3-5-11)7-4-10(9)12-2;1-2/h9-10,12H,3-8H2,1-2H3;1-2H3. The van der Waals surface area contributed by atoms with E-state index in [0.29, 0.717) is 18.4 Å². The Hall–Kier alpha value is -0.150. The molecule has 0 aromatic carbocycles. The van der Waals surface area contributed by atoms with Crippen molar-refractivity contribution in [3.8, 4) is 0 Å². The zero-order chi connectivity index (χ0) is 11.7. The fourth-order valence-corrected chi connectivity index (χ4v) is 2.15. The van der Waals surface area contributed by atoms with E-state index in [2.05, 4.69) is 17.1 Å². The zero-order valence-electron chi connectivity index (χ0n) is 10.7. The highest BCUT2D eigenvalue weighted by atomic mass is 19.1. The molecule has 3 heteroatoms. The summed E-state index contributed by atoms with van der Waals surface area (Å²) in [6.07, 6.45) is 1.89. The van der Waals surface area contributed by atoms with Crippen LogP contribution in [-0.2, 0) is 0 Å². The van der Waals surface area contributed by atoms with Crippen LogP contribution in [0.25, 0.3) is 0 Å². The number of likely N-dealkylation sites (tertiary alicyclic amines) is 1. The van der Waals surface area contributed by atoms with Crippen LogP contribution in [0.1, 0.15) is 33.6 Å². The topological polar surface area (TPSA) is 15.3 Å². The Kier molecular flexibility index (Phi) is 9.01. The first-order chi connectivity index (χ1) is 7.27. The summed E-state index contributed by atoms with van der Waals surface area (Å²) >= 11 is 0. The zero-order valence-corrected chi connectivity index (χ0v) is 10.7. The molecule has 92 valence electrons. The van der Waals surface area contributed by atoms with Gasteiger partial charge in [-0.2, -0.15) is 0 Å². The van der Waals surface area contributed by atoms with Crippen LogP contribution in [0.3, 0.4) is 0 Å². The number of halogens is 1. The van der Waals surface area contributed by atoms with E-state index in [9.17, 15) is 4.39 Å². The molecule has 1 rings (SSSR count). The third kappa shape index (κ3) is 5.47. The van der Waals surface area contributed by atoms with Crippen molar-refractivity contribution in [1.82, 2.24) is 10.2 Å². The second kappa shape index (κ2) is 9.10. The molecule has 0 aromatic rings. The number of rotatable bonds is 4. The van der Waals surface area contributed by atoms with Gasteiger partial charge < -0.3 is 10.2 Å². The van der Waals surface area contributed by atoms with E-state index in [-0.39, 0.29) is 6.67 Å². The van der Waals surface area contributed by atoms with Crippen LogP contribution in [-0.4, -0.2) is 44.3 Å². The largest absolute Gasteiger partial charge is 0.317 e. The maximum absolute atomic E-state index is 11.9. The third-order valence-corrected chi connectivity index (χ3v) is 2.97. The Balaban J connectivity index is 0.000000921. The van der Waals surface area contributed by atoms with E-state index < -0.39 is 0 Å². The summed E-state index contributed by atoms with van der Waals surface area (Å²) in [6, 6.07) is 0.654. The molecule has 0 saturated carbocycles. The summed E-state index contributed by atoms with van der Waals surface area (Å²) in [5.41, 5.74) is 0. The molecule has 1 N–H and O–H groups in total. The minimum absolute atomic E-state index is 0.180. The lowest BCUT2D eigenvalue weighted by Gasteiger charge is -2.36. The molecular weight excluding hydrogens is 191 g/mol. The number of nitrogens with zero attached hydrogens (tertiary/aromatic N) is 1. The molecule has 1 saturated heterocycles. The van der Waals surface area contributed by atoms with E-state index in [1.165, 1.54) is 6.42 Å². The predicted octanol–water partition coefficient (Wildman–Crippen LogP) is 2.30. The normalized spacial score (nSPS) is 27.0. The molecular formula is C12H27FN2. The summed E-state index contributed by atoms with van der Waals surface area (Å²) in [4.78, 5) is 2.37. The van der Waals surface area contributed by atoms with E-state index in [1.54, 1.807) is 0 Å². The monoisotopic (exact) mass is 218 g/mol. The van der Waals surface area contributed by atoms with Crippen LogP contribution in [0.4, 0.5) is 4.39 Å². The van der Waals surface area contributed by atoms with Gasteiger partial charge in [-0.15, -0.1) is 0 Å². The van der Waals surface area contributed by atoms with Gasteiger partial charge in [-0.3, -0.25) is 4.39 Å². The average Bonchev–Trinajstić information content (AvgIpc) is 2.29. The van der Waals surface area contributed by atoms with Gasteiger partial charge in [-0.05, 0) is 32.4 Å². The lowest BCUT2D eigenvalue weighted by Crippen LogP contribution is -2.47. The second-order valence-electron chi connectivity index (χ2n) is 4.00. The molecule has 15 heavy (non-hydrogen) atoms. The molecule has 2 nitrogen and oxygen atoms in total. The van der Waals surface area contributed by atoms with Crippen molar-refractivity contribution < 1.29 is 4.39 Å². The molecule has 2 unspecified atom stereocenters. The molecule has 0 radical (unpaired) electrons. The molecule has 1 heterocycles. The molecule has 0 spiro atoms. The number of alkyl halides is 1. The van der Waals surface area contributed by atoms with Gasteiger partial charge >= 0.3 is 0 Å². The molecule has 2 atom stereocenters. The van der Waals surface area contributed by atoms with E-state index in [0.717, 1.165) is 19.6 Å². The molecule has 0 bridgehead atoms. The highest BCUT2D eigenvalue weighted by Gasteiger charge is 2.23. The highest BCUT2D eigenvalue weighted by Crippen LogP contribution is 2.16. The lowest BCUT2D eigenvalue weighted by molar-refractivity contribution is 0.147. The van der Waals surface area contributed by atoms with Crippen LogP contribution in [0.2, 0.25) is 0 Å². The Labute approximate surface area is 94.2 Å². The van der Waals surface area contributed by atoms with Gasteiger partial charge in [0.05, 0.1) is 6.67 Å². The van der Waals surface area contributed by atoms with E-state index in [4.69, 9.17) is 0 Å². The first kappa shape index (κ1) is 14.8. The third-order valence-electron chi connectivity index (χ3n) is 2.97. The number of hydrogen-bond acceptors (Lipinski definition) is 2. The summed E-state index contributed by atoms with van der Waals surface area (Å²) < 4.78 is 11.9. The van der Waals surface area contributed by atoms with Gasteiger partial charge in [-0.1, -0.05) is 20.8 Å². The van der Waals surface area contributed by atoms with Crippen molar-refractivity contribution in [2.24, 2.45) is 5.92 Å². The quantitative estimate of drug-likeness (QED) is 0.779. The van der Waals surface area contributed by atoms with Crippen molar-refractivity contribution in [2.75, 3.05) is 33.4 Å². The van der Waals surface area contributed by atoms with Gasteiger partial charge in [0.25, 0.3) is 0 Å². The molecule has 1 aliphatic heterocycles. The first-order valence-electron chi connectivity index (χ1n) is 6.23. The lowest BCUT2D eigenvalue weighted by atomic mass is 9.94. The Morgan fingerprint density at radius 2 is 2.07 bits per heavy atom. The summed E-state index contributed by atoms with van der Waals surface area (Å²) in [7, 11) is 2.03. The van der Waals surface area contributed by atoms with Crippen molar-refractivity contribution in [1.29, 1.82) is 0 Å². The average molecular weight is 218 g/mol. The maximum Gasteiger partial charge on any atom is 0.0906 e. The van der Waals surface area contributed by atoms with Crippen LogP contribution in [0.5, 0.6) is 0 Å². The Morgan fingerprint density at radius 3 is 2.53 bits per heavy atom. The van der Waals surface area contributed by atoms with Crippen molar-refractivity contribution in [3.63, 3.8) is 0 Å².